The van der Waals surface area contributed by atoms with Gasteiger partial charge in [-0.2, -0.15) is 10.5 Å². The average molecular weight is 250 g/mol. The number of nitrogens with zero attached hydrogens (tertiary/aromatic N) is 4. The standard InChI is InChI=1S/C10H10N4O4/c11-1-5-6(2-12)14(4-13-5)10-9(17)8(16)7(15)3-18-10/h4,7-10,15-17H,3H2/t7-,8-,9-,10-/m1/s1. The zero-order valence-electron chi connectivity index (χ0n) is 9.13. The Labute approximate surface area is 102 Å². The first-order valence-electron chi connectivity index (χ1n) is 5.13. The maximum Gasteiger partial charge on any atom is 0.176 e. The van der Waals surface area contributed by atoms with Gasteiger partial charge in [-0.25, -0.2) is 4.98 Å². The molecule has 8 nitrogen and oxygen atoms in total. The van der Waals surface area contributed by atoms with E-state index in [0.29, 0.717) is 0 Å². The predicted octanol–water partition coefficient (Wildman–Crippen LogP) is -1.76. The molecule has 4 atom stereocenters. The van der Waals surface area contributed by atoms with Crippen molar-refractivity contribution in [2.24, 2.45) is 0 Å². The van der Waals surface area contributed by atoms with Gasteiger partial charge in [-0.05, 0) is 0 Å². The maximum absolute atomic E-state index is 9.79. The van der Waals surface area contributed by atoms with Crippen LogP contribution in [0, 0.1) is 22.7 Å². The van der Waals surface area contributed by atoms with E-state index in [0.717, 1.165) is 0 Å². The Morgan fingerprint density at radius 3 is 2.61 bits per heavy atom. The smallest absolute Gasteiger partial charge is 0.176 e. The molecule has 0 unspecified atom stereocenters. The molecule has 1 aliphatic rings. The molecular weight excluding hydrogens is 240 g/mol. The van der Waals surface area contributed by atoms with Gasteiger partial charge < -0.3 is 20.1 Å². The Kier molecular flexibility index (Phi) is 3.28. The van der Waals surface area contributed by atoms with E-state index in [4.69, 9.17) is 15.3 Å². The molecule has 2 heterocycles. The van der Waals surface area contributed by atoms with Gasteiger partial charge in [-0.1, -0.05) is 0 Å². The van der Waals surface area contributed by atoms with Gasteiger partial charge in [0.2, 0.25) is 0 Å². The predicted molar refractivity (Wildman–Crippen MR) is 54.7 cm³/mol. The molecule has 0 aromatic carbocycles. The summed E-state index contributed by atoms with van der Waals surface area (Å²) in [5.41, 5.74) is -0.154. The third-order valence-corrected chi connectivity index (χ3v) is 2.75. The first kappa shape index (κ1) is 12.5. The number of aromatic nitrogens is 2. The van der Waals surface area contributed by atoms with Crippen molar-refractivity contribution in [2.45, 2.75) is 24.5 Å². The number of rotatable bonds is 1. The van der Waals surface area contributed by atoms with Crippen LogP contribution in [-0.2, 0) is 4.74 Å². The summed E-state index contributed by atoms with van der Waals surface area (Å²) in [7, 11) is 0. The third kappa shape index (κ3) is 1.83. The monoisotopic (exact) mass is 250 g/mol. The molecule has 3 N–H and O–H groups in total. The van der Waals surface area contributed by atoms with Crippen LogP contribution in [0.2, 0.25) is 0 Å². The van der Waals surface area contributed by atoms with Crippen molar-refractivity contribution in [3.05, 3.63) is 17.7 Å². The van der Waals surface area contributed by atoms with Crippen LogP contribution >= 0.6 is 0 Å². The highest BCUT2D eigenvalue weighted by Crippen LogP contribution is 2.26. The van der Waals surface area contributed by atoms with Crippen LogP contribution in [0.15, 0.2) is 6.33 Å². The van der Waals surface area contributed by atoms with Gasteiger partial charge in [0, 0.05) is 0 Å². The Morgan fingerprint density at radius 1 is 1.28 bits per heavy atom. The number of ether oxygens (including phenoxy) is 1. The van der Waals surface area contributed by atoms with Gasteiger partial charge in [-0.15, -0.1) is 0 Å². The van der Waals surface area contributed by atoms with Crippen molar-refractivity contribution in [1.29, 1.82) is 10.5 Å². The normalized spacial score (nSPS) is 31.6. The van der Waals surface area contributed by atoms with Crippen LogP contribution in [0.5, 0.6) is 0 Å². The second kappa shape index (κ2) is 4.72. The number of imidazole rings is 1. The summed E-state index contributed by atoms with van der Waals surface area (Å²) in [6.45, 7) is -0.187. The topological polar surface area (TPSA) is 135 Å². The van der Waals surface area contributed by atoms with Gasteiger partial charge in [0.1, 0.15) is 30.5 Å². The molecule has 1 saturated heterocycles. The van der Waals surface area contributed by atoms with E-state index >= 15 is 0 Å². The zero-order chi connectivity index (χ0) is 13.3. The van der Waals surface area contributed by atoms with Gasteiger partial charge in [-0.3, -0.25) is 4.57 Å². The van der Waals surface area contributed by atoms with E-state index in [1.165, 1.54) is 10.9 Å². The van der Waals surface area contributed by atoms with Gasteiger partial charge in [0.15, 0.2) is 17.6 Å². The van der Waals surface area contributed by atoms with Crippen LogP contribution in [0.4, 0.5) is 0 Å². The molecule has 18 heavy (non-hydrogen) atoms. The van der Waals surface area contributed by atoms with E-state index in [1.807, 2.05) is 0 Å². The van der Waals surface area contributed by atoms with Gasteiger partial charge >= 0.3 is 0 Å². The van der Waals surface area contributed by atoms with Crippen molar-refractivity contribution in [3.8, 4) is 12.1 Å². The van der Waals surface area contributed by atoms with Crippen molar-refractivity contribution < 1.29 is 20.1 Å². The molecule has 0 spiro atoms. The Bertz CT molecular complexity index is 529. The Hall–Kier alpha value is -1.97. The number of aliphatic hydroxyl groups is 3. The molecule has 1 fully saturated rings. The Morgan fingerprint density at radius 2 is 2.00 bits per heavy atom. The molecular formula is C10H10N4O4. The molecule has 1 aliphatic heterocycles. The maximum atomic E-state index is 9.79. The van der Waals surface area contributed by atoms with Crippen LogP contribution in [0.1, 0.15) is 17.6 Å². The van der Waals surface area contributed by atoms with Gasteiger partial charge in [0.25, 0.3) is 0 Å². The van der Waals surface area contributed by atoms with Crippen LogP contribution in [0.25, 0.3) is 0 Å². The Balaban J connectivity index is 2.36. The summed E-state index contributed by atoms with van der Waals surface area (Å²) in [6, 6.07) is 3.52. The first-order valence-corrected chi connectivity index (χ1v) is 5.13. The molecule has 0 radical (unpaired) electrons. The molecule has 94 valence electrons. The first-order chi connectivity index (χ1) is 8.60. The van der Waals surface area contributed by atoms with Crippen LogP contribution in [-0.4, -0.2) is 49.8 Å². The van der Waals surface area contributed by atoms with Crippen molar-refractivity contribution in [3.63, 3.8) is 0 Å². The lowest BCUT2D eigenvalue weighted by Crippen LogP contribution is -2.50. The van der Waals surface area contributed by atoms with Crippen molar-refractivity contribution >= 4 is 0 Å². The molecule has 2 rings (SSSR count). The molecule has 1 aromatic heterocycles. The highest BCUT2D eigenvalue weighted by Gasteiger charge is 2.39. The summed E-state index contributed by atoms with van der Waals surface area (Å²) >= 11 is 0. The third-order valence-electron chi connectivity index (χ3n) is 2.75. The fourth-order valence-corrected chi connectivity index (χ4v) is 1.78. The van der Waals surface area contributed by atoms with E-state index in [2.05, 4.69) is 4.98 Å². The summed E-state index contributed by atoms with van der Waals surface area (Å²) < 4.78 is 6.33. The number of hydrogen-bond acceptors (Lipinski definition) is 7. The lowest BCUT2D eigenvalue weighted by molar-refractivity contribution is -0.211. The van der Waals surface area contributed by atoms with E-state index in [9.17, 15) is 15.3 Å². The van der Waals surface area contributed by atoms with Crippen LogP contribution < -0.4 is 0 Å². The minimum atomic E-state index is -1.42. The van der Waals surface area contributed by atoms with E-state index < -0.39 is 24.5 Å². The lowest BCUT2D eigenvalue weighted by Gasteiger charge is -2.35. The average Bonchev–Trinajstić information content (AvgIpc) is 2.78. The molecule has 1 aromatic rings. The molecule has 0 saturated carbocycles. The minimum absolute atomic E-state index is 0.0647. The second-order valence-corrected chi connectivity index (χ2v) is 3.85. The minimum Gasteiger partial charge on any atom is -0.388 e. The highest BCUT2D eigenvalue weighted by molar-refractivity contribution is 5.36. The molecule has 0 amide bonds. The fourth-order valence-electron chi connectivity index (χ4n) is 1.78. The summed E-state index contributed by atoms with van der Waals surface area (Å²) in [5, 5.41) is 46.3. The van der Waals surface area contributed by atoms with Crippen molar-refractivity contribution in [2.75, 3.05) is 6.61 Å². The number of hydrogen-bond donors (Lipinski definition) is 3. The quantitative estimate of drug-likeness (QED) is 0.537. The summed E-state index contributed by atoms with van der Waals surface area (Å²) in [5.74, 6) is 0. The van der Waals surface area contributed by atoms with E-state index in [1.54, 1.807) is 12.1 Å². The highest BCUT2D eigenvalue weighted by atomic mass is 16.5. The molecule has 0 aliphatic carbocycles. The van der Waals surface area contributed by atoms with Gasteiger partial charge in [0.05, 0.1) is 12.9 Å². The lowest BCUT2D eigenvalue weighted by atomic mass is 10.0. The largest absolute Gasteiger partial charge is 0.388 e. The molecule has 0 bridgehead atoms. The fraction of sp³-hybridized carbons (Fsp3) is 0.500. The number of nitriles is 2. The summed E-state index contributed by atoms with van der Waals surface area (Å²) in [4.78, 5) is 3.70. The van der Waals surface area contributed by atoms with Crippen LogP contribution in [0.3, 0.4) is 0 Å². The zero-order valence-corrected chi connectivity index (χ0v) is 9.13. The van der Waals surface area contributed by atoms with Crippen molar-refractivity contribution in [1.82, 2.24) is 9.55 Å². The summed E-state index contributed by atoms with van der Waals surface area (Å²) in [6.07, 6.45) is -3.88. The second-order valence-electron chi connectivity index (χ2n) is 3.85. The number of aliphatic hydroxyl groups excluding tert-OH is 3. The molecule has 8 heteroatoms. The van der Waals surface area contributed by atoms with E-state index in [-0.39, 0.29) is 18.0 Å². The SMILES string of the molecule is N#Cc1ncn([C@@H]2OC[C@@H](O)[C@@H](O)[C@H]2O)c1C#N.